The zero-order valence-electron chi connectivity index (χ0n) is 11.1. The molecule has 112 valence electrons. The lowest BCUT2D eigenvalue weighted by molar-refractivity contribution is 0.460. The van der Waals surface area contributed by atoms with Gasteiger partial charge < -0.3 is 0 Å². The van der Waals surface area contributed by atoms with E-state index in [0.29, 0.717) is 10.6 Å². The van der Waals surface area contributed by atoms with Crippen LogP contribution in [0.15, 0.2) is 47.4 Å². The van der Waals surface area contributed by atoms with Crippen LogP contribution in [0.4, 0.5) is 4.39 Å². The first-order chi connectivity index (χ1) is 9.82. The van der Waals surface area contributed by atoms with Gasteiger partial charge in [0.1, 0.15) is 10.7 Å². The zero-order chi connectivity index (χ0) is 15.6. The number of hydrogen-bond donors (Lipinski definition) is 0. The van der Waals surface area contributed by atoms with Gasteiger partial charge in [-0.3, -0.25) is 0 Å². The molecule has 2 aromatic carbocycles. The fraction of sp³-hybridized carbons (Fsp3) is 0.143. The van der Waals surface area contributed by atoms with Gasteiger partial charge in [-0.1, -0.05) is 41.4 Å². The fourth-order valence-electron chi connectivity index (χ4n) is 1.80. The summed E-state index contributed by atoms with van der Waals surface area (Å²) in [7, 11) is -2.59. The Balaban J connectivity index is 2.33. The van der Waals surface area contributed by atoms with Crippen LogP contribution in [0, 0.1) is 5.82 Å². The molecule has 0 unspecified atom stereocenters. The van der Waals surface area contributed by atoms with Crippen LogP contribution in [-0.4, -0.2) is 19.8 Å². The molecule has 21 heavy (non-hydrogen) atoms. The molecule has 0 aromatic heterocycles. The molecule has 3 nitrogen and oxygen atoms in total. The van der Waals surface area contributed by atoms with Crippen molar-refractivity contribution in [2.75, 3.05) is 7.05 Å². The first kappa shape index (κ1) is 16.2. The summed E-state index contributed by atoms with van der Waals surface area (Å²) >= 11 is 11.6. The Morgan fingerprint density at radius 1 is 1.14 bits per heavy atom. The molecule has 0 aliphatic heterocycles. The summed E-state index contributed by atoms with van der Waals surface area (Å²) in [5.41, 5.74) is 0.639. The predicted molar refractivity (Wildman–Crippen MR) is 81.5 cm³/mol. The molecule has 0 spiro atoms. The Kier molecular flexibility index (Phi) is 4.88. The van der Waals surface area contributed by atoms with Crippen molar-refractivity contribution in [3.05, 3.63) is 63.9 Å². The summed E-state index contributed by atoms with van der Waals surface area (Å²) in [5.74, 6) is -0.881. The van der Waals surface area contributed by atoms with Crippen molar-refractivity contribution in [3.63, 3.8) is 0 Å². The molecule has 0 atom stereocenters. The maximum absolute atomic E-state index is 13.8. The first-order valence-electron chi connectivity index (χ1n) is 5.97. The van der Waals surface area contributed by atoms with Crippen LogP contribution >= 0.6 is 23.2 Å². The topological polar surface area (TPSA) is 37.4 Å². The second-order valence-corrected chi connectivity index (χ2v) is 7.28. The van der Waals surface area contributed by atoms with Gasteiger partial charge >= 0.3 is 0 Å². The number of rotatable bonds is 4. The molecule has 2 rings (SSSR count). The summed E-state index contributed by atoms with van der Waals surface area (Å²) in [6, 6.07) is 10.3. The molecule has 0 amide bonds. The van der Waals surface area contributed by atoms with Crippen LogP contribution in [0.25, 0.3) is 0 Å². The number of nitrogens with zero attached hydrogens (tertiary/aromatic N) is 1. The zero-order valence-corrected chi connectivity index (χ0v) is 13.4. The monoisotopic (exact) mass is 347 g/mol. The average Bonchev–Trinajstić information content (AvgIpc) is 2.40. The lowest BCUT2D eigenvalue weighted by Crippen LogP contribution is -2.27. The smallest absolute Gasteiger partial charge is 0.207 e. The Labute approximate surface area is 133 Å². The summed E-state index contributed by atoms with van der Waals surface area (Å²) in [6.07, 6.45) is 0. The Morgan fingerprint density at radius 3 is 2.43 bits per heavy atom. The van der Waals surface area contributed by atoms with Crippen molar-refractivity contribution in [2.24, 2.45) is 0 Å². The highest BCUT2D eigenvalue weighted by molar-refractivity contribution is 7.89. The van der Waals surface area contributed by atoms with E-state index in [-0.39, 0.29) is 11.6 Å². The predicted octanol–water partition coefficient (Wildman–Crippen LogP) is 3.95. The van der Waals surface area contributed by atoms with Crippen LogP contribution in [0.5, 0.6) is 0 Å². The third-order valence-electron chi connectivity index (χ3n) is 2.93. The van der Waals surface area contributed by atoms with E-state index in [4.69, 9.17) is 23.2 Å². The first-order valence-corrected chi connectivity index (χ1v) is 8.17. The minimum atomic E-state index is -3.96. The third kappa shape index (κ3) is 3.55. The van der Waals surface area contributed by atoms with Crippen LogP contribution in [0.2, 0.25) is 10.0 Å². The molecule has 0 saturated carbocycles. The van der Waals surface area contributed by atoms with E-state index in [1.54, 1.807) is 24.3 Å². The quantitative estimate of drug-likeness (QED) is 0.839. The molecule has 0 saturated heterocycles. The Morgan fingerprint density at radius 2 is 1.81 bits per heavy atom. The van der Waals surface area contributed by atoms with Crippen LogP contribution in [-0.2, 0) is 16.6 Å². The summed E-state index contributed by atoms with van der Waals surface area (Å²) < 4.78 is 39.6. The van der Waals surface area contributed by atoms with Crippen molar-refractivity contribution >= 4 is 33.2 Å². The van der Waals surface area contributed by atoms with Crippen molar-refractivity contribution in [3.8, 4) is 0 Å². The molecule has 2 aromatic rings. The molecule has 0 bridgehead atoms. The molecular formula is C14H12Cl2FNO2S. The van der Waals surface area contributed by atoms with Gasteiger partial charge in [-0.25, -0.2) is 12.8 Å². The maximum Gasteiger partial charge on any atom is 0.246 e. The summed E-state index contributed by atoms with van der Waals surface area (Å²) in [5, 5.41) is 0.594. The van der Waals surface area contributed by atoms with Gasteiger partial charge in [0.15, 0.2) is 0 Å². The number of sulfonamides is 1. The van der Waals surface area contributed by atoms with Gasteiger partial charge in [-0.05, 0) is 29.8 Å². The number of benzene rings is 2. The lowest BCUT2D eigenvalue weighted by Gasteiger charge is -2.18. The lowest BCUT2D eigenvalue weighted by atomic mass is 10.2. The Hall–Kier alpha value is -1.14. The fourth-order valence-corrected chi connectivity index (χ4v) is 3.35. The van der Waals surface area contributed by atoms with Gasteiger partial charge in [0.05, 0.1) is 0 Å². The van der Waals surface area contributed by atoms with Crippen molar-refractivity contribution < 1.29 is 12.8 Å². The minimum Gasteiger partial charge on any atom is -0.207 e. The molecule has 7 heteroatoms. The summed E-state index contributed by atoms with van der Waals surface area (Å²) in [6.45, 7) is 0.0457. The normalized spacial score (nSPS) is 11.9. The molecule has 0 heterocycles. The highest BCUT2D eigenvalue weighted by Gasteiger charge is 2.25. The van der Waals surface area contributed by atoms with Crippen LogP contribution < -0.4 is 0 Å². The van der Waals surface area contributed by atoms with E-state index in [1.165, 1.54) is 13.1 Å². The SMILES string of the molecule is CN(Cc1ccccc1Cl)S(=O)(=O)c1ccc(Cl)cc1F. The van der Waals surface area contributed by atoms with Crippen molar-refractivity contribution in [1.29, 1.82) is 0 Å². The second-order valence-electron chi connectivity index (χ2n) is 4.43. The van der Waals surface area contributed by atoms with Crippen molar-refractivity contribution in [1.82, 2.24) is 4.31 Å². The second kappa shape index (κ2) is 6.32. The number of halogens is 3. The van der Waals surface area contributed by atoms with Crippen molar-refractivity contribution in [2.45, 2.75) is 11.4 Å². The Bertz CT molecular complexity index is 765. The minimum absolute atomic E-state index is 0.0457. The summed E-state index contributed by atoms with van der Waals surface area (Å²) in [4.78, 5) is -0.415. The van der Waals surface area contributed by atoms with Gasteiger partial charge in [0, 0.05) is 23.6 Å². The molecule has 0 aliphatic carbocycles. The maximum atomic E-state index is 13.8. The largest absolute Gasteiger partial charge is 0.246 e. The van der Waals surface area contributed by atoms with Gasteiger partial charge in [-0.2, -0.15) is 4.31 Å². The van der Waals surface area contributed by atoms with E-state index in [2.05, 4.69) is 0 Å². The van der Waals surface area contributed by atoms with Crippen LogP contribution in [0.3, 0.4) is 0 Å². The standard InChI is InChI=1S/C14H12Cl2FNO2S/c1-18(9-10-4-2-3-5-12(10)16)21(19,20)14-7-6-11(15)8-13(14)17/h2-8H,9H2,1H3. The molecule has 0 radical (unpaired) electrons. The van der Waals surface area contributed by atoms with E-state index in [9.17, 15) is 12.8 Å². The van der Waals surface area contributed by atoms with E-state index < -0.39 is 20.7 Å². The highest BCUT2D eigenvalue weighted by Crippen LogP contribution is 2.24. The van der Waals surface area contributed by atoms with Gasteiger partial charge in [0.25, 0.3) is 0 Å². The van der Waals surface area contributed by atoms with Crippen LogP contribution in [0.1, 0.15) is 5.56 Å². The molecule has 0 N–H and O–H groups in total. The molecular weight excluding hydrogens is 336 g/mol. The molecule has 0 fully saturated rings. The number of hydrogen-bond acceptors (Lipinski definition) is 2. The van der Waals surface area contributed by atoms with E-state index in [0.717, 1.165) is 16.4 Å². The van der Waals surface area contributed by atoms with E-state index in [1.807, 2.05) is 0 Å². The highest BCUT2D eigenvalue weighted by atomic mass is 35.5. The van der Waals surface area contributed by atoms with Gasteiger partial charge in [0.2, 0.25) is 10.0 Å². The third-order valence-corrected chi connectivity index (χ3v) is 5.37. The molecule has 0 aliphatic rings. The van der Waals surface area contributed by atoms with Gasteiger partial charge in [-0.15, -0.1) is 0 Å². The average molecular weight is 348 g/mol. The van der Waals surface area contributed by atoms with E-state index >= 15 is 0 Å².